The molecule has 0 aliphatic heterocycles. The van der Waals surface area contributed by atoms with Crippen molar-refractivity contribution in [3.63, 3.8) is 0 Å². The number of amides is 1. The summed E-state index contributed by atoms with van der Waals surface area (Å²) in [5.74, 6) is -11.1. The molecule has 3 rings (SSSR count). The average molecular weight is 408 g/mol. The summed E-state index contributed by atoms with van der Waals surface area (Å²) in [7, 11) is 0. The number of halogens is 5. The largest absolute Gasteiger partial charge is 0.489 e. The van der Waals surface area contributed by atoms with E-state index in [4.69, 9.17) is 4.74 Å². The molecule has 0 saturated heterocycles. The smallest absolute Gasteiger partial charge is 0.269 e. The van der Waals surface area contributed by atoms with Crippen LogP contribution in [0.3, 0.4) is 0 Å². The Morgan fingerprint density at radius 1 is 0.759 bits per heavy atom. The van der Waals surface area contributed by atoms with E-state index in [1.807, 2.05) is 35.8 Å². The molecule has 4 nitrogen and oxygen atoms in total. The van der Waals surface area contributed by atoms with Crippen LogP contribution < -0.4 is 15.6 Å². The molecule has 0 atom stereocenters. The normalized spacial score (nSPS) is 10.5. The van der Waals surface area contributed by atoms with Crippen LogP contribution in [0.5, 0.6) is 5.75 Å². The Morgan fingerprint density at radius 3 is 1.90 bits per heavy atom. The number of ether oxygens (including phenoxy) is 1. The van der Waals surface area contributed by atoms with Crippen molar-refractivity contribution in [2.75, 3.05) is 5.43 Å². The third kappa shape index (κ3) is 4.45. The van der Waals surface area contributed by atoms with Crippen LogP contribution in [-0.4, -0.2) is 5.91 Å². The van der Waals surface area contributed by atoms with Crippen LogP contribution in [0.15, 0.2) is 54.6 Å². The van der Waals surface area contributed by atoms with Gasteiger partial charge in [0.1, 0.15) is 18.0 Å². The first kappa shape index (κ1) is 20.1. The zero-order valence-corrected chi connectivity index (χ0v) is 14.6. The van der Waals surface area contributed by atoms with E-state index in [1.165, 1.54) is 24.3 Å². The maximum atomic E-state index is 13.6. The number of hydrogen-bond donors (Lipinski definition) is 2. The number of carbonyl (C=O) groups is 1. The SMILES string of the molecule is O=C(NNc1c(F)c(F)c(F)c(F)c1F)c1ccc(OCc2ccccc2)cc1. The van der Waals surface area contributed by atoms with Gasteiger partial charge >= 0.3 is 0 Å². The van der Waals surface area contributed by atoms with Crippen molar-refractivity contribution < 1.29 is 31.5 Å². The van der Waals surface area contributed by atoms with Crippen LogP contribution in [0.1, 0.15) is 15.9 Å². The maximum absolute atomic E-state index is 13.6. The first-order valence-electron chi connectivity index (χ1n) is 8.23. The maximum Gasteiger partial charge on any atom is 0.269 e. The van der Waals surface area contributed by atoms with Gasteiger partial charge in [0.15, 0.2) is 23.3 Å². The summed E-state index contributed by atoms with van der Waals surface area (Å²) in [6.07, 6.45) is 0. The van der Waals surface area contributed by atoms with Gasteiger partial charge in [0.2, 0.25) is 5.82 Å². The summed E-state index contributed by atoms with van der Waals surface area (Å²) in [6.45, 7) is 0.314. The Kier molecular flexibility index (Phi) is 5.96. The molecule has 29 heavy (non-hydrogen) atoms. The third-order valence-corrected chi connectivity index (χ3v) is 3.88. The van der Waals surface area contributed by atoms with Gasteiger partial charge in [0, 0.05) is 5.56 Å². The van der Waals surface area contributed by atoms with Gasteiger partial charge in [-0.25, -0.2) is 22.0 Å². The fourth-order valence-corrected chi connectivity index (χ4v) is 2.35. The van der Waals surface area contributed by atoms with E-state index in [2.05, 4.69) is 0 Å². The predicted molar refractivity (Wildman–Crippen MR) is 94.5 cm³/mol. The van der Waals surface area contributed by atoms with Crippen molar-refractivity contribution >= 4 is 11.6 Å². The van der Waals surface area contributed by atoms with Crippen molar-refractivity contribution in [3.05, 3.63) is 94.8 Å². The van der Waals surface area contributed by atoms with Crippen molar-refractivity contribution in [2.45, 2.75) is 6.61 Å². The predicted octanol–water partition coefficient (Wildman–Crippen LogP) is 4.72. The number of carbonyl (C=O) groups excluding carboxylic acids is 1. The van der Waals surface area contributed by atoms with Gasteiger partial charge in [-0.05, 0) is 29.8 Å². The summed E-state index contributed by atoms with van der Waals surface area (Å²) in [6, 6.07) is 15.1. The van der Waals surface area contributed by atoms with E-state index in [9.17, 15) is 26.7 Å². The Bertz CT molecular complexity index is 998. The van der Waals surface area contributed by atoms with Gasteiger partial charge in [0.05, 0.1) is 0 Å². The zero-order valence-electron chi connectivity index (χ0n) is 14.6. The summed E-state index contributed by atoms with van der Waals surface area (Å²) < 4.78 is 72.1. The molecule has 0 heterocycles. The Hall–Kier alpha value is -3.62. The van der Waals surface area contributed by atoms with Crippen LogP contribution in [0.4, 0.5) is 27.6 Å². The number of anilines is 1. The first-order chi connectivity index (χ1) is 13.9. The van der Waals surface area contributed by atoms with E-state index in [0.717, 1.165) is 5.56 Å². The highest BCUT2D eigenvalue weighted by molar-refractivity contribution is 5.95. The molecule has 0 fully saturated rings. The Labute approximate surface area is 161 Å². The lowest BCUT2D eigenvalue weighted by Gasteiger charge is -2.12. The first-order valence-corrected chi connectivity index (χ1v) is 8.23. The molecule has 0 radical (unpaired) electrons. The monoisotopic (exact) mass is 408 g/mol. The molecule has 0 aromatic heterocycles. The van der Waals surface area contributed by atoms with Crippen molar-refractivity contribution in [3.8, 4) is 5.75 Å². The van der Waals surface area contributed by atoms with Crippen molar-refractivity contribution in [1.29, 1.82) is 0 Å². The fourth-order valence-electron chi connectivity index (χ4n) is 2.35. The highest BCUT2D eigenvalue weighted by Gasteiger charge is 2.26. The topological polar surface area (TPSA) is 50.4 Å². The van der Waals surface area contributed by atoms with Crippen LogP contribution in [0.2, 0.25) is 0 Å². The van der Waals surface area contributed by atoms with Gasteiger partial charge in [-0.2, -0.15) is 0 Å². The minimum absolute atomic E-state index is 0.0634. The summed E-state index contributed by atoms with van der Waals surface area (Å²) in [4.78, 5) is 12.0. The molecule has 2 N–H and O–H groups in total. The lowest BCUT2D eigenvalue weighted by Crippen LogP contribution is -2.31. The number of nitrogens with one attached hydrogen (secondary N) is 2. The van der Waals surface area contributed by atoms with E-state index in [0.29, 0.717) is 12.4 Å². The summed E-state index contributed by atoms with van der Waals surface area (Å²) >= 11 is 0. The molecule has 0 unspecified atom stereocenters. The molecular formula is C20H13F5N2O2. The number of rotatable bonds is 6. The highest BCUT2D eigenvalue weighted by atomic mass is 19.2. The molecule has 1 amide bonds. The van der Waals surface area contributed by atoms with Crippen molar-refractivity contribution in [1.82, 2.24) is 5.43 Å². The lowest BCUT2D eigenvalue weighted by atomic mass is 10.2. The van der Waals surface area contributed by atoms with Crippen LogP contribution >= 0.6 is 0 Å². The van der Waals surface area contributed by atoms with E-state index >= 15 is 0 Å². The van der Waals surface area contributed by atoms with Crippen LogP contribution in [-0.2, 0) is 6.61 Å². The van der Waals surface area contributed by atoms with Gasteiger partial charge in [-0.3, -0.25) is 15.6 Å². The fraction of sp³-hybridized carbons (Fsp3) is 0.0500. The molecule has 3 aromatic carbocycles. The zero-order chi connectivity index (χ0) is 21.0. The number of hydrogen-bond acceptors (Lipinski definition) is 3. The second-order valence-corrected chi connectivity index (χ2v) is 5.82. The van der Waals surface area contributed by atoms with Crippen LogP contribution in [0, 0.1) is 29.1 Å². The lowest BCUT2D eigenvalue weighted by molar-refractivity contribution is 0.0962. The van der Waals surface area contributed by atoms with Gasteiger partial charge < -0.3 is 4.74 Å². The second-order valence-electron chi connectivity index (χ2n) is 5.82. The van der Waals surface area contributed by atoms with Gasteiger partial charge in [-0.1, -0.05) is 30.3 Å². The van der Waals surface area contributed by atoms with E-state index in [-0.39, 0.29) is 5.56 Å². The molecule has 9 heteroatoms. The van der Waals surface area contributed by atoms with Gasteiger partial charge in [0.25, 0.3) is 5.91 Å². The minimum Gasteiger partial charge on any atom is -0.489 e. The molecule has 0 spiro atoms. The molecule has 0 aliphatic rings. The summed E-state index contributed by atoms with van der Waals surface area (Å²) in [5, 5.41) is 0. The van der Waals surface area contributed by atoms with Crippen LogP contribution in [0.25, 0.3) is 0 Å². The summed E-state index contributed by atoms with van der Waals surface area (Å²) in [5.41, 5.74) is 3.25. The number of hydrazine groups is 1. The average Bonchev–Trinajstić information content (AvgIpc) is 2.76. The van der Waals surface area contributed by atoms with E-state index in [1.54, 1.807) is 5.43 Å². The quantitative estimate of drug-likeness (QED) is 0.269. The highest BCUT2D eigenvalue weighted by Crippen LogP contribution is 2.26. The number of benzene rings is 3. The Balaban J connectivity index is 1.63. The van der Waals surface area contributed by atoms with Gasteiger partial charge in [-0.15, -0.1) is 0 Å². The van der Waals surface area contributed by atoms with Crippen molar-refractivity contribution in [2.24, 2.45) is 0 Å². The second kappa shape index (κ2) is 8.59. The third-order valence-electron chi connectivity index (χ3n) is 3.88. The molecular weight excluding hydrogens is 395 g/mol. The standard InChI is InChI=1S/C20H13F5N2O2/c21-14-15(22)17(24)19(18(25)16(14)23)26-27-20(28)12-6-8-13(9-7-12)29-10-11-4-2-1-3-5-11/h1-9,26H,10H2,(H,27,28). The molecule has 0 aliphatic carbocycles. The molecule has 0 bridgehead atoms. The molecule has 150 valence electrons. The molecule has 3 aromatic rings. The Morgan fingerprint density at radius 2 is 1.31 bits per heavy atom. The minimum atomic E-state index is -2.29. The molecule has 0 saturated carbocycles. The van der Waals surface area contributed by atoms with E-state index < -0.39 is 40.7 Å².